The highest BCUT2D eigenvalue weighted by Crippen LogP contribution is 2.38. The van der Waals surface area contributed by atoms with Crippen LogP contribution in [-0.2, 0) is 0 Å². The van der Waals surface area contributed by atoms with Gasteiger partial charge in [-0.15, -0.1) is 0 Å². The van der Waals surface area contributed by atoms with E-state index in [4.69, 9.17) is 4.74 Å². The predicted octanol–water partition coefficient (Wildman–Crippen LogP) is 4.07. The maximum atomic E-state index is 10.4. The monoisotopic (exact) mass is 298 g/mol. The van der Waals surface area contributed by atoms with Gasteiger partial charge in [0, 0.05) is 4.47 Å². The van der Waals surface area contributed by atoms with E-state index in [1.807, 2.05) is 25.1 Å². The Kier molecular flexibility index (Phi) is 4.46. The lowest BCUT2D eigenvalue weighted by Crippen LogP contribution is -2.09. The van der Waals surface area contributed by atoms with Crippen LogP contribution in [0.2, 0.25) is 0 Å². The van der Waals surface area contributed by atoms with Crippen molar-refractivity contribution in [3.8, 4) is 5.75 Å². The average molecular weight is 299 g/mol. The fourth-order valence-corrected chi connectivity index (χ4v) is 3.12. The number of ether oxygens (including phenoxy) is 1. The number of hydrogen-bond acceptors (Lipinski definition) is 2. The van der Waals surface area contributed by atoms with Gasteiger partial charge in [0.05, 0.1) is 12.7 Å². The largest absolute Gasteiger partial charge is 0.494 e. The SMILES string of the molecule is CCOc1ccc(C(O)C2CCCC2)c(Br)c1. The molecule has 3 heteroatoms. The van der Waals surface area contributed by atoms with E-state index in [1.165, 1.54) is 12.8 Å². The molecule has 0 bridgehead atoms. The summed E-state index contributed by atoms with van der Waals surface area (Å²) in [5.74, 6) is 1.27. The zero-order chi connectivity index (χ0) is 12.3. The Labute approximate surface area is 111 Å². The second-order valence-electron chi connectivity index (χ2n) is 4.61. The Morgan fingerprint density at radius 2 is 2.12 bits per heavy atom. The minimum atomic E-state index is -0.345. The van der Waals surface area contributed by atoms with Gasteiger partial charge in [-0.05, 0) is 43.4 Å². The van der Waals surface area contributed by atoms with Crippen LogP contribution in [-0.4, -0.2) is 11.7 Å². The summed E-state index contributed by atoms with van der Waals surface area (Å²) in [4.78, 5) is 0. The third-order valence-corrected chi connectivity index (χ3v) is 4.13. The molecule has 1 aromatic rings. The Hall–Kier alpha value is -0.540. The van der Waals surface area contributed by atoms with E-state index < -0.39 is 0 Å². The van der Waals surface area contributed by atoms with E-state index in [9.17, 15) is 5.11 Å². The van der Waals surface area contributed by atoms with Crippen molar-refractivity contribution in [1.82, 2.24) is 0 Å². The van der Waals surface area contributed by atoms with Gasteiger partial charge in [-0.2, -0.15) is 0 Å². The fourth-order valence-electron chi connectivity index (χ4n) is 2.53. The van der Waals surface area contributed by atoms with Gasteiger partial charge in [-0.3, -0.25) is 0 Å². The number of halogens is 1. The summed E-state index contributed by atoms with van der Waals surface area (Å²) >= 11 is 3.52. The van der Waals surface area contributed by atoms with Crippen LogP contribution in [0.15, 0.2) is 22.7 Å². The quantitative estimate of drug-likeness (QED) is 0.908. The molecule has 1 aliphatic rings. The van der Waals surface area contributed by atoms with Crippen molar-refractivity contribution in [2.45, 2.75) is 38.7 Å². The van der Waals surface area contributed by atoms with Crippen LogP contribution in [0.25, 0.3) is 0 Å². The highest BCUT2D eigenvalue weighted by Gasteiger charge is 2.25. The van der Waals surface area contributed by atoms with Crippen molar-refractivity contribution in [2.24, 2.45) is 5.92 Å². The van der Waals surface area contributed by atoms with Gasteiger partial charge >= 0.3 is 0 Å². The van der Waals surface area contributed by atoms with E-state index in [2.05, 4.69) is 15.9 Å². The first-order valence-corrected chi connectivity index (χ1v) is 7.12. The Bertz CT molecular complexity index is 372. The first-order valence-electron chi connectivity index (χ1n) is 6.32. The van der Waals surface area contributed by atoms with Crippen molar-refractivity contribution in [2.75, 3.05) is 6.61 Å². The summed E-state index contributed by atoms with van der Waals surface area (Å²) in [6.07, 6.45) is 4.43. The normalized spacial score (nSPS) is 18.3. The van der Waals surface area contributed by atoms with Gasteiger partial charge in [-0.1, -0.05) is 34.8 Å². The van der Waals surface area contributed by atoms with Gasteiger partial charge < -0.3 is 9.84 Å². The molecular formula is C14H19BrO2. The summed E-state index contributed by atoms with van der Waals surface area (Å²) in [7, 11) is 0. The maximum absolute atomic E-state index is 10.4. The van der Waals surface area contributed by atoms with Gasteiger partial charge in [0.15, 0.2) is 0 Å². The van der Waals surface area contributed by atoms with Crippen LogP contribution in [0.4, 0.5) is 0 Å². The molecule has 1 unspecified atom stereocenters. The molecule has 2 rings (SSSR count). The molecule has 0 aliphatic heterocycles. The summed E-state index contributed by atoms with van der Waals surface area (Å²) in [5.41, 5.74) is 0.986. The molecule has 0 saturated heterocycles. The summed E-state index contributed by atoms with van der Waals surface area (Å²) in [6.45, 7) is 2.63. The summed E-state index contributed by atoms with van der Waals surface area (Å²) in [6, 6.07) is 5.84. The smallest absolute Gasteiger partial charge is 0.120 e. The van der Waals surface area contributed by atoms with Crippen LogP contribution in [0.1, 0.15) is 44.3 Å². The number of aliphatic hydroxyl groups excluding tert-OH is 1. The lowest BCUT2D eigenvalue weighted by atomic mass is 9.94. The van der Waals surface area contributed by atoms with Crippen LogP contribution in [0.5, 0.6) is 5.75 Å². The highest BCUT2D eigenvalue weighted by atomic mass is 79.9. The Morgan fingerprint density at radius 3 is 2.71 bits per heavy atom. The third-order valence-electron chi connectivity index (χ3n) is 3.45. The second kappa shape index (κ2) is 5.87. The first-order chi connectivity index (χ1) is 8.22. The zero-order valence-electron chi connectivity index (χ0n) is 10.2. The summed E-state index contributed by atoms with van der Waals surface area (Å²) in [5, 5.41) is 10.4. The van der Waals surface area contributed by atoms with Gasteiger partial charge in [-0.25, -0.2) is 0 Å². The number of aliphatic hydroxyl groups is 1. The van der Waals surface area contributed by atoms with E-state index >= 15 is 0 Å². The number of benzene rings is 1. The number of hydrogen-bond donors (Lipinski definition) is 1. The van der Waals surface area contributed by atoms with Crippen LogP contribution in [0, 0.1) is 5.92 Å². The molecule has 0 amide bonds. The summed E-state index contributed by atoms with van der Waals surface area (Å²) < 4.78 is 6.38. The van der Waals surface area contributed by atoms with Crippen molar-refractivity contribution in [3.63, 3.8) is 0 Å². The van der Waals surface area contributed by atoms with Gasteiger partial charge in [0.25, 0.3) is 0 Å². The van der Waals surface area contributed by atoms with Gasteiger partial charge in [0.2, 0.25) is 0 Å². The number of rotatable bonds is 4. The Balaban J connectivity index is 2.14. The predicted molar refractivity (Wildman–Crippen MR) is 72.2 cm³/mol. The topological polar surface area (TPSA) is 29.5 Å². The standard InChI is InChI=1S/C14H19BrO2/c1-2-17-11-7-8-12(13(15)9-11)14(16)10-5-3-4-6-10/h7-10,14,16H,2-6H2,1H3. The molecule has 94 valence electrons. The lowest BCUT2D eigenvalue weighted by Gasteiger charge is -2.19. The molecule has 0 heterocycles. The maximum Gasteiger partial charge on any atom is 0.120 e. The molecular weight excluding hydrogens is 280 g/mol. The molecule has 17 heavy (non-hydrogen) atoms. The highest BCUT2D eigenvalue weighted by molar-refractivity contribution is 9.10. The first kappa shape index (κ1) is 12.9. The van der Waals surface area contributed by atoms with Gasteiger partial charge in [0.1, 0.15) is 5.75 Å². The van der Waals surface area contributed by atoms with E-state index in [-0.39, 0.29) is 6.10 Å². The molecule has 1 aliphatic carbocycles. The molecule has 0 spiro atoms. The molecule has 0 aromatic heterocycles. The fraction of sp³-hybridized carbons (Fsp3) is 0.571. The van der Waals surface area contributed by atoms with Crippen LogP contribution < -0.4 is 4.74 Å². The molecule has 1 fully saturated rings. The van der Waals surface area contributed by atoms with Crippen molar-refractivity contribution in [3.05, 3.63) is 28.2 Å². The minimum Gasteiger partial charge on any atom is -0.494 e. The second-order valence-corrected chi connectivity index (χ2v) is 5.46. The van der Waals surface area contributed by atoms with Crippen molar-refractivity contribution < 1.29 is 9.84 Å². The van der Waals surface area contributed by atoms with E-state index in [0.29, 0.717) is 12.5 Å². The molecule has 1 saturated carbocycles. The zero-order valence-corrected chi connectivity index (χ0v) is 11.7. The molecule has 2 nitrogen and oxygen atoms in total. The van der Waals surface area contributed by atoms with Crippen molar-refractivity contribution in [1.29, 1.82) is 0 Å². The third kappa shape index (κ3) is 3.02. The van der Waals surface area contributed by atoms with Crippen molar-refractivity contribution >= 4 is 15.9 Å². The molecule has 1 atom stereocenters. The average Bonchev–Trinajstić information content (AvgIpc) is 2.82. The lowest BCUT2D eigenvalue weighted by molar-refractivity contribution is 0.111. The van der Waals surface area contributed by atoms with Crippen LogP contribution in [0.3, 0.4) is 0 Å². The Morgan fingerprint density at radius 1 is 1.41 bits per heavy atom. The van der Waals surface area contributed by atoms with E-state index in [0.717, 1.165) is 28.6 Å². The molecule has 0 radical (unpaired) electrons. The molecule has 1 N–H and O–H groups in total. The van der Waals surface area contributed by atoms with Crippen LogP contribution >= 0.6 is 15.9 Å². The molecule has 1 aromatic carbocycles. The minimum absolute atomic E-state index is 0.345. The van der Waals surface area contributed by atoms with E-state index in [1.54, 1.807) is 0 Å².